The number of nitrogens with zero attached hydrogens (tertiary/aromatic N) is 5. The van der Waals surface area contributed by atoms with Crippen molar-refractivity contribution in [3.05, 3.63) is 36.2 Å². The largest absolute Gasteiger partial charge is 0.480 e. The molecule has 0 spiro atoms. The first kappa shape index (κ1) is 15.1. The van der Waals surface area contributed by atoms with Crippen LogP contribution < -0.4 is 0 Å². The number of hydrogen-bond donors (Lipinski definition) is 1. The van der Waals surface area contributed by atoms with Crippen LogP contribution in [0.4, 0.5) is 0 Å². The minimum absolute atomic E-state index is 0.146. The first-order valence-electron chi connectivity index (χ1n) is 7.50. The number of carboxylic acids is 1. The Labute approximate surface area is 132 Å². The third-order valence-electron chi connectivity index (χ3n) is 4.01. The fourth-order valence-electron chi connectivity index (χ4n) is 2.81. The number of carbonyl (C=O) groups excluding carboxylic acids is 1. The molecule has 1 atom stereocenters. The number of tetrazole rings is 1. The van der Waals surface area contributed by atoms with Gasteiger partial charge < -0.3 is 10.0 Å². The maximum absolute atomic E-state index is 12.4. The van der Waals surface area contributed by atoms with Crippen LogP contribution >= 0.6 is 0 Å². The molecule has 1 fully saturated rings. The summed E-state index contributed by atoms with van der Waals surface area (Å²) in [5.74, 6) is -1.07. The van der Waals surface area contributed by atoms with Crippen LogP contribution in [0.2, 0.25) is 0 Å². The van der Waals surface area contributed by atoms with Crippen molar-refractivity contribution < 1.29 is 14.7 Å². The van der Waals surface area contributed by atoms with Crippen LogP contribution in [0.1, 0.15) is 24.8 Å². The van der Waals surface area contributed by atoms with Gasteiger partial charge in [-0.05, 0) is 47.4 Å². The number of rotatable bonds is 4. The molecule has 2 heterocycles. The van der Waals surface area contributed by atoms with Crippen LogP contribution in [0, 0.1) is 0 Å². The lowest BCUT2D eigenvalue weighted by Gasteiger charge is -2.33. The number of carbonyl (C=O) groups is 2. The molecule has 0 aliphatic carbocycles. The molecule has 3 rings (SSSR count). The van der Waals surface area contributed by atoms with Gasteiger partial charge in [-0.1, -0.05) is 12.1 Å². The third kappa shape index (κ3) is 3.36. The minimum Gasteiger partial charge on any atom is -0.480 e. The first-order valence-corrected chi connectivity index (χ1v) is 7.50. The van der Waals surface area contributed by atoms with E-state index in [1.54, 1.807) is 0 Å². The van der Waals surface area contributed by atoms with Crippen LogP contribution in [0.3, 0.4) is 0 Å². The molecule has 1 N–H and O–H groups in total. The van der Waals surface area contributed by atoms with E-state index in [4.69, 9.17) is 0 Å². The zero-order valence-electron chi connectivity index (χ0n) is 12.5. The van der Waals surface area contributed by atoms with Crippen LogP contribution in [0.5, 0.6) is 0 Å². The van der Waals surface area contributed by atoms with Crippen LogP contribution in [0.25, 0.3) is 5.69 Å². The summed E-state index contributed by atoms with van der Waals surface area (Å²) in [5, 5.41) is 20.2. The molecule has 1 aromatic carbocycles. The van der Waals surface area contributed by atoms with Crippen molar-refractivity contribution >= 4 is 11.9 Å². The summed E-state index contributed by atoms with van der Waals surface area (Å²) in [5.41, 5.74) is 1.63. The van der Waals surface area contributed by atoms with Crippen molar-refractivity contribution in [2.45, 2.75) is 31.7 Å². The standard InChI is InChI=1S/C15H17N5O3/c21-14(19-8-2-1-3-13(19)15(22)23)9-11-4-6-12(7-5-11)20-10-16-17-18-20/h4-7,10,13H,1-3,8-9H2,(H,22,23)/t13-/m0/s1. The second-order valence-corrected chi connectivity index (χ2v) is 5.53. The molecule has 23 heavy (non-hydrogen) atoms. The highest BCUT2D eigenvalue weighted by molar-refractivity contribution is 5.85. The molecule has 0 radical (unpaired) electrons. The summed E-state index contributed by atoms with van der Waals surface area (Å²) in [6.45, 7) is 0.512. The Hall–Kier alpha value is -2.77. The topological polar surface area (TPSA) is 101 Å². The number of carboxylic acid groups (broad SMARTS) is 1. The van der Waals surface area contributed by atoms with Gasteiger partial charge in [-0.2, -0.15) is 0 Å². The molecule has 1 aromatic heterocycles. The zero-order chi connectivity index (χ0) is 16.2. The average Bonchev–Trinajstić information content (AvgIpc) is 3.10. The van der Waals surface area contributed by atoms with E-state index in [0.29, 0.717) is 13.0 Å². The number of hydrogen-bond acceptors (Lipinski definition) is 5. The lowest BCUT2D eigenvalue weighted by atomic mass is 10.0. The fourth-order valence-corrected chi connectivity index (χ4v) is 2.81. The van der Waals surface area contributed by atoms with Gasteiger partial charge in [0.2, 0.25) is 5.91 Å². The summed E-state index contributed by atoms with van der Waals surface area (Å²) >= 11 is 0. The number of amides is 1. The van der Waals surface area contributed by atoms with Gasteiger partial charge >= 0.3 is 5.97 Å². The van der Waals surface area contributed by atoms with Crippen molar-refractivity contribution in [1.82, 2.24) is 25.1 Å². The molecular weight excluding hydrogens is 298 g/mol. The van der Waals surface area contributed by atoms with E-state index in [1.165, 1.54) is 15.9 Å². The van der Waals surface area contributed by atoms with E-state index in [-0.39, 0.29) is 12.3 Å². The Bertz CT molecular complexity index is 684. The highest BCUT2D eigenvalue weighted by Gasteiger charge is 2.31. The second kappa shape index (κ2) is 6.55. The minimum atomic E-state index is -0.924. The number of benzene rings is 1. The highest BCUT2D eigenvalue weighted by atomic mass is 16.4. The van der Waals surface area contributed by atoms with Gasteiger partial charge in [0.15, 0.2) is 0 Å². The van der Waals surface area contributed by atoms with Crippen LogP contribution in [-0.4, -0.2) is 54.7 Å². The maximum Gasteiger partial charge on any atom is 0.326 e. The molecule has 1 amide bonds. The van der Waals surface area contributed by atoms with E-state index in [2.05, 4.69) is 15.5 Å². The third-order valence-corrected chi connectivity index (χ3v) is 4.01. The molecule has 1 aliphatic rings. The Morgan fingerprint density at radius 3 is 2.65 bits per heavy atom. The van der Waals surface area contributed by atoms with Gasteiger partial charge in [0, 0.05) is 6.54 Å². The van der Waals surface area contributed by atoms with Crippen LogP contribution in [-0.2, 0) is 16.0 Å². The van der Waals surface area contributed by atoms with Crippen LogP contribution in [0.15, 0.2) is 30.6 Å². The van der Waals surface area contributed by atoms with E-state index >= 15 is 0 Å². The van der Waals surface area contributed by atoms with Gasteiger partial charge in [-0.25, -0.2) is 9.48 Å². The van der Waals surface area contributed by atoms with Crippen molar-refractivity contribution in [2.75, 3.05) is 6.54 Å². The fraction of sp³-hybridized carbons (Fsp3) is 0.400. The quantitative estimate of drug-likeness (QED) is 0.890. The van der Waals surface area contributed by atoms with Gasteiger partial charge in [0.05, 0.1) is 12.1 Å². The summed E-state index contributed by atoms with van der Waals surface area (Å²) in [7, 11) is 0. The molecular formula is C15H17N5O3. The molecule has 0 saturated carbocycles. The Kier molecular flexibility index (Phi) is 4.31. The molecule has 8 heteroatoms. The summed E-state index contributed by atoms with van der Waals surface area (Å²) < 4.78 is 1.52. The van der Waals surface area contributed by atoms with Crippen molar-refractivity contribution in [3.8, 4) is 5.69 Å². The van der Waals surface area contributed by atoms with E-state index in [0.717, 1.165) is 24.1 Å². The van der Waals surface area contributed by atoms with E-state index < -0.39 is 12.0 Å². The second-order valence-electron chi connectivity index (χ2n) is 5.53. The number of piperidine rings is 1. The molecule has 0 unspecified atom stereocenters. The molecule has 1 aliphatic heterocycles. The highest BCUT2D eigenvalue weighted by Crippen LogP contribution is 2.19. The molecule has 0 bridgehead atoms. The summed E-state index contributed by atoms with van der Waals surface area (Å²) in [6, 6.07) is 6.61. The predicted molar refractivity (Wildman–Crippen MR) is 79.8 cm³/mol. The summed E-state index contributed by atoms with van der Waals surface area (Å²) in [4.78, 5) is 25.2. The van der Waals surface area contributed by atoms with Crippen molar-refractivity contribution in [1.29, 1.82) is 0 Å². The molecule has 2 aromatic rings. The van der Waals surface area contributed by atoms with E-state index in [9.17, 15) is 14.7 Å². The number of likely N-dealkylation sites (tertiary alicyclic amines) is 1. The van der Waals surface area contributed by atoms with Crippen molar-refractivity contribution in [2.24, 2.45) is 0 Å². The van der Waals surface area contributed by atoms with Gasteiger partial charge in [-0.3, -0.25) is 4.79 Å². The van der Waals surface area contributed by atoms with E-state index in [1.807, 2.05) is 24.3 Å². The molecule has 8 nitrogen and oxygen atoms in total. The van der Waals surface area contributed by atoms with Gasteiger partial charge in [-0.15, -0.1) is 5.10 Å². The first-order chi connectivity index (χ1) is 11.1. The Morgan fingerprint density at radius 2 is 2.00 bits per heavy atom. The number of aliphatic carboxylic acids is 1. The molecule has 120 valence electrons. The van der Waals surface area contributed by atoms with Gasteiger partial charge in [0.25, 0.3) is 0 Å². The Balaban J connectivity index is 1.68. The predicted octanol–water partition coefficient (Wildman–Crippen LogP) is 0.670. The average molecular weight is 315 g/mol. The SMILES string of the molecule is O=C(O)[C@@H]1CCCCN1C(=O)Cc1ccc(-n2cnnn2)cc1. The normalized spacial score (nSPS) is 17.9. The lowest BCUT2D eigenvalue weighted by molar-refractivity contribution is -0.151. The smallest absolute Gasteiger partial charge is 0.326 e. The zero-order valence-corrected chi connectivity index (χ0v) is 12.5. The monoisotopic (exact) mass is 315 g/mol. The molecule has 1 saturated heterocycles. The Morgan fingerprint density at radius 1 is 1.22 bits per heavy atom. The lowest BCUT2D eigenvalue weighted by Crippen LogP contribution is -2.48. The summed E-state index contributed by atoms with van der Waals surface area (Å²) in [6.07, 6.45) is 3.92. The maximum atomic E-state index is 12.4. The van der Waals surface area contributed by atoms with Crippen molar-refractivity contribution in [3.63, 3.8) is 0 Å². The van der Waals surface area contributed by atoms with Gasteiger partial charge in [0.1, 0.15) is 12.4 Å². The number of aromatic nitrogens is 4.